The van der Waals surface area contributed by atoms with Crippen molar-refractivity contribution in [3.05, 3.63) is 24.5 Å². The minimum Gasteiger partial charge on any atom is -0.489 e. The van der Waals surface area contributed by atoms with Crippen LogP contribution in [-0.4, -0.2) is 49.5 Å². The van der Waals surface area contributed by atoms with Gasteiger partial charge in [0, 0.05) is 19.2 Å². The van der Waals surface area contributed by atoms with Gasteiger partial charge in [-0.05, 0) is 13.8 Å². The molecule has 13 heteroatoms. The van der Waals surface area contributed by atoms with Gasteiger partial charge in [0.15, 0.2) is 26.5 Å². The monoisotopic (exact) mass is 476 g/mol. The van der Waals surface area contributed by atoms with E-state index in [4.69, 9.17) is 4.74 Å². The lowest BCUT2D eigenvalue weighted by Crippen LogP contribution is -2.17. The van der Waals surface area contributed by atoms with Gasteiger partial charge in [-0.15, -0.1) is 0 Å². The van der Waals surface area contributed by atoms with E-state index in [2.05, 4.69) is 15.0 Å². The molecule has 1 atom stereocenters. The first kappa shape index (κ1) is 23.1. The third-order valence-electron chi connectivity index (χ3n) is 4.27. The first-order valence-corrected chi connectivity index (χ1v) is 11.9. The lowest BCUT2D eigenvalue weighted by atomic mass is 10.3. The minimum absolute atomic E-state index is 0.0233. The molecule has 0 bridgehead atoms. The Morgan fingerprint density at radius 2 is 1.87 bits per heavy atom. The third-order valence-corrected chi connectivity index (χ3v) is 7.03. The van der Waals surface area contributed by atoms with Crippen LogP contribution in [0.1, 0.15) is 20.8 Å². The second-order valence-electron chi connectivity index (χ2n) is 6.81. The summed E-state index contributed by atoms with van der Waals surface area (Å²) in [4.78, 5) is 12.0. The molecule has 0 aromatic carbocycles. The average molecular weight is 477 g/mol. The Kier molecular flexibility index (Phi) is 6.11. The van der Waals surface area contributed by atoms with Gasteiger partial charge in [-0.1, -0.05) is 6.92 Å². The molecule has 0 aliphatic rings. The Morgan fingerprint density at radius 3 is 2.45 bits per heavy atom. The van der Waals surface area contributed by atoms with E-state index in [0.29, 0.717) is 5.52 Å². The highest BCUT2D eigenvalue weighted by Gasteiger charge is 2.39. The van der Waals surface area contributed by atoms with Gasteiger partial charge in [0.2, 0.25) is 0 Å². The molecule has 3 aromatic rings. The summed E-state index contributed by atoms with van der Waals surface area (Å²) < 4.78 is 82.4. The molecule has 0 saturated heterocycles. The number of fused-ring (bicyclic) bond motifs is 1. The standard InChI is InChI=1S/C18H19F3N4O4S2/c1-5-31(27,28)14-6-11(29-10(2)3)8-23-16(14)17-24-12-7-15(30(26)18(19,20)21)22-9-13(12)25(17)4/h6-10H,5H2,1-4H3. The molecule has 0 spiro atoms. The number of imidazole rings is 1. The normalized spacial score (nSPS) is 13.7. The topological polar surface area (TPSA) is 104 Å². The third kappa shape index (κ3) is 4.56. The Labute approximate surface area is 178 Å². The molecule has 0 amide bonds. The zero-order valence-corrected chi connectivity index (χ0v) is 18.6. The summed E-state index contributed by atoms with van der Waals surface area (Å²) in [5.74, 6) is 0.163. The van der Waals surface area contributed by atoms with Crippen LogP contribution in [0.5, 0.6) is 5.75 Å². The quantitative estimate of drug-likeness (QED) is 0.538. The number of ether oxygens (including phenoxy) is 1. The number of rotatable bonds is 6. The predicted molar refractivity (Wildman–Crippen MR) is 108 cm³/mol. The fraction of sp³-hybridized carbons (Fsp3) is 0.389. The van der Waals surface area contributed by atoms with Gasteiger partial charge in [0.1, 0.15) is 21.4 Å². The molecule has 1 unspecified atom stereocenters. The smallest absolute Gasteiger partial charge is 0.477 e. The lowest BCUT2D eigenvalue weighted by Gasteiger charge is -2.13. The molecule has 31 heavy (non-hydrogen) atoms. The fourth-order valence-electron chi connectivity index (χ4n) is 2.83. The highest BCUT2D eigenvalue weighted by molar-refractivity contribution is 7.91. The number of aromatic nitrogens is 4. The van der Waals surface area contributed by atoms with E-state index in [1.807, 2.05) is 0 Å². The molecule has 0 aliphatic heterocycles. The van der Waals surface area contributed by atoms with E-state index in [9.17, 15) is 25.8 Å². The van der Waals surface area contributed by atoms with E-state index in [-0.39, 0.29) is 39.5 Å². The van der Waals surface area contributed by atoms with Gasteiger partial charge >= 0.3 is 5.51 Å². The number of hydrogen-bond donors (Lipinski definition) is 0. The van der Waals surface area contributed by atoms with E-state index >= 15 is 0 Å². The molecule has 0 N–H and O–H groups in total. The Bertz CT molecular complexity index is 1270. The van der Waals surface area contributed by atoms with E-state index in [0.717, 1.165) is 12.3 Å². The van der Waals surface area contributed by atoms with Crippen LogP contribution in [0.4, 0.5) is 13.2 Å². The molecule has 168 valence electrons. The minimum atomic E-state index is -4.96. The van der Waals surface area contributed by atoms with Gasteiger partial charge in [0.05, 0.1) is 35.3 Å². The van der Waals surface area contributed by atoms with Crippen LogP contribution in [0.3, 0.4) is 0 Å². The maximum Gasteiger partial charge on any atom is 0.477 e. The Hall–Kier alpha value is -2.54. The number of sulfone groups is 1. The first-order valence-electron chi connectivity index (χ1n) is 9.06. The lowest BCUT2D eigenvalue weighted by molar-refractivity contribution is -0.0386. The summed E-state index contributed by atoms with van der Waals surface area (Å²) in [7, 11) is -5.50. The number of hydrogen-bond acceptors (Lipinski definition) is 7. The van der Waals surface area contributed by atoms with E-state index in [1.54, 1.807) is 20.9 Å². The van der Waals surface area contributed by atoms with Crippen LogP contribution >= 0.6 is 0 Å². The molecule has 0 saturated carbocycles. The van der Waals surface area contributed by atoms with Crippen LogP contribution in [0.25, 0.3) is 22.6 Å². The van der Waals surface area contributed by atoms with Gasteiger partial charge in [-0.25, -0.2) is 27.6 Å². The van der Waals surface area contributed by atoms with Crippen LogP contribution in [0.2, 0.25) is 0 Å². The predicted octanol–water partition coefficient (Wildman–Crippen LogP) is 3.24. The molecule has 8 nitrogen and oxygen atoms in total. The Balaban J connectivity index is 2.21. The molecule has 3 aromatic heterocycles. The highest BCUT2D eigenvalue weighted by atomic mass is 32.2. The summed E-state index contributed by atoms with van der Waals surface area (Å²) in [6.07, 6.45) is 2.25. The SMILES string of the molecule is CCS(=O)(=O)c1cc(OC(C)C)cnc1-c1nc2cc(S(=O)C(F)(F)F)ncc2n1C. The summed E-state index contributed by atoms with van der Waals surface area (Å²) in [6.45, 7) is 5.04. The maximum atomic E-state index is 12.8. The van der Waals surface area contributed by atoms with E-state index in [1.165, 1.54) is 23.8 Å². The van der Waals surface area contributed by atoms with Crippen molar-refractivity contribution in [2.75, 3.05) is 5.75 Å². The highest BCUT2D eigenvalue weighted by Crippen LogP contribution is 2.32. The fourth-order valence-corrected chi connectivity index (χ4v) is 4.48. The maximum absolute atomic E-state index is 12.8. The van der Waals surface area contributed by atoms with Crippen LogP contribution in [-0.2, 0) is 27.7 Å². The van der Waals surface area contributed by atoms with Gasteiger partial charge in [0.25, 0.3) is 0 Å². The zero-order chi connectivity index (χ0) is 23.1. The summed E-state index contributed by atoms with van der Waals surface area (Å²) in [5, 5.41) is -0.695. The van der Waals surface area contributed by atoms with Crippen molar-refractivity contribution in [1.29, 1.82) is 0 Å². The van der Waals surface area contributed by atoms with Crippen molar-refractivity contribution in [1.82, 2.24) is 19.5 Å². The van der Waals surface area contributed by atoms with Crippen LogP contribution in [0.15, 0.2) is 34.4 Å². The zero-order valence-electron chi connectivity index (χ0n) is 17.0. The van der Waals surface area contributed by atoms with Gasteiger partial charge < -0.3 is 9.30 Å². The molecule has 3 heterocycles. The molecular formula is C18H19F3N4O4S2. The first-order chi connectivity index (χ1) is 14.3. The Morgan fingerprint density at radius 1 is 1.19 bits per heavy atom. The van der Waals surface area contributed by atoms with Crippen molar-refractivity contribution < 1.29 is 30.5 Å². The second kappa shape index (κ2) is 8.19. The van der Waals surface area contributed by atoms with E-state index < -0.39 is 31.2 Å². The van der Waals surface area contributed by atoms with Crippen molar-refractivity contribution in [3.63, 3.8) is 0 Å². The van der Waals surface area contributed by atoms with Crippen molar-refractivity contribution in [2.45, 2.75) is 42.3 Å². The van der Waals surface area contributed by atoms with Crippen LogP contribution in [0, 0.1) is 0 Å². The molecule has 3 rings (SSSR count). The molecule has 0 radical (unpaired) electrons. The molecule has 0 fully saturated rings. The van der Waals surface area contributed by atoms with Crippen molar-refractivity contribution in [3.8, 4) is 17.3 Å². The molecule has 0 aliphatic carbocycles. The van der Waals surface area contributed by atoms with Gasteiger partial charge in [-0.2, -0.15) is 13.2 Å². The number of alkyl halides is 3. The second-order valence-corrected chi connectivity index (χ2v) is 10.5. The number of pyridine rings is 2. The summed E-state index contributed by atoms with van der Waals surface area (Å²) >= 11 is 0. The number of halogens is 3. The van der Waals surface area contributed by atoms with Gasteiger partial charge in [-0.3, -0.25) is 0 Å². The summed E-state index contributed by atoms with van der Waals surface area (Å²) in [6, 6.07) is 2.32. The van der Waals surface area contributed by atoms with Crippen molar-refractivity contribution >= 4 is 31.7 Å². The average Bonchev–Trinajstić information content (AvgIpc) is 3.02. The summed E-state index contributed by atoms with van der Waals surface area (Å²) in [5.41, 5.74) is -4.55. The number of nitrogens with zero attached hydrogens (tertiary/aromatic N) is 4. The largest absolute Gasteiger partial charge is 0.489 e. The van der Waals surface area contributed by atoms with Crippen molar-refractivity contribution in [2.24, 2.45) is 7.05 Å². The van der Waals surface area contributed by atoms with Crippen LogP contribution < -0.4 is 4.74 Å². The molecular weight excluding hydrogens is 457 g/mol. The number of aryl methyl sites for hydroxylation is 1.